The molecule has 0 spiro atoms. The Bertz CT molecular complexity index is 1290. The molecule has 3 amide bonds. The number of pyridine rings is 1. The molecule has 1 fully saturated rings. The van der Waals surface area contributed by atoms with Gasteiger partial charge in [-0.2, -0.15) is 4.98 Å². The van der Waals surface area contributed by atoms with Gasteiger partial charge in [-0.15, -0.1) is 0 Å². The number of rotatable bonds is 7. The summed E-state index contributed by atoms with van der Waals surface area (Å²) >= 11 is 0. The number of aromatic nitrogens is 3. The highest BCUT2D eigenvalue weighted by molar-refractivity contribution is 6.01. The molecule has 3 heterocycles. The second-order valence-corrected chi connectivity index (χ2v) is 7.44. The maximum atomic E-state index is 11.8. The maximum absolute atomic E-state index is 11.8. The van der Waals surface area contributed by atoms with E-state index >= 15 is 0 Å². The summed E-state index contributed by atoms with van der Waals surface area (Å²) in [4.78, 5) is 33.4. The second-order valence-electron chi connectivity index (χ2n) is 7.44. The van der Waals surface area contributed by atoms with Crippen molar-refractivity contribution in [1.82, 2.24) is 25.3 Å². The summed E-state index contributed by atoms with van der Waals surface area (Å²) in [5.41, 5.74) is 3.20. The summed E-state index contributed by atoms with van der Waals surface area (Å²) in [5, 5.41) is 6.61. The maximum Gasteiger partial charge on any atom is 0.324 e. The highest BCUT2D eigenvalue weighted by atomic mass is 16.5. The van der Waals surface area contributed by atoms with Gasteiger partial charge in [0.1, 0.15) is 12.4 Å². The van der Waals surface area contributed by atoms with Crippen molar-refractivity contribution in [2.24, 2.45) is 0 Å². The van der Waals surface area contributed by atoms with Crippen molar-refractivity contribution in [2.45, 2.75) is 13.2 Å². The van der Waals surface area contributed by atoms with Crippen molar-refractivity contribution < 1.29 is 18.8 Å². The van der Waals surface area contributed by atoms with E-state index in [1.807, 2.05) is 60.7 Å². The van der Waals surface area contributed by atoms with Gasteiger partial charge in [0.15, 0.2) is 0 Å². The van der Waals surface area contributed by atoms with E-state index in [4.69, 9.17) is 9.26 Å². The molecular formula is C24H19N5O4. The molecule has 0 radical (unpaired) electrons. The summed E-state index contributed by atoms with van der Waals surface area (Å²) in [6, 6.07) is 18.2. The molecule has 9 nitrogen and oxygen atoms in total. The first kappa shape index (κ1) is 20.4. The molecule has 0 aliphatic carbocycles. The molecule has 0 bridgehead atoms. The van der Waals surface area contributed by atoms with Gasteiger partial charge in [-0.1, -0.05) is 35.5 Å². The van der Waals surface area contributed by atoms with E-state index in [0.29, 0.717) is 29.6 Å². The van der Waals surface area contributed by atoms with Crippen molar-refractivity contribution in [3.8, 4) is 28.6 Å². The molecule has 1 aliphatic rings. The molecule has 0 unspecified atom stereocenters. The summed E-state index contributed by atoms with van der Waals surface area (Å²) in [6.07, 6.45) is 3.48. The summed E-state index contributed by atoms with van der Waals surface area (Å²) in [5.74, 6) is 1.19. The zero-order valence-corrected chi connectivity index (χ0v) is 17.5. The van der Waals surface area contributed by atoms with Crippen molar-refractivity contribution >= 4 is 11.9 Å². The van der Waals surface area contributed by atoms with Crippen LogP contribution < -0.4 is 10.1 Å². The van der Waals surface area contributed by atoms with Crippen LogP contribution in [0, 0.1) is 0 Å². The number of nitrogens with one attached hydrogen (secondary N) is 1. The number of amides is 3. The van der Waals surface area contributed by atoms with Crippen LogP contribution in [0.4, 0.5) is 4.79 Å². The van der Waals surface area contributed by atoms with Gasteiger partial charge >= 0.3 is 6.03 Å². The van der Waals surface area contributed by atoms with Crippen LogP contribution in [0.25, 0.3) is 22.8 Å². The lowest BCUT2D eigenvalue weighted by molar-refractivity contribution is -0.125. The van der Waals surface area contributed by atoms with Gasteiger partial charge in [-0.25, -0.2) is 4.79 Å². The Balaban J connectivity index is 1.31. The smallest absolute Gasteiger partial charge is 0.324 e. The summed E-state index contributed by atoms with van der Waals surface area (Å²) in [7, 11) is 0. The lowest BCUT2D eigenvalue weighted by Crippen LogP contribution is -2.30. The third-order valence-corrected chi connectivity index (χ3v) is 5.10. The van der Waals surface area contributed by atoms with Gasteiger partial charge in [-0.3, -0.25) is 14.7 Å². The zero-order valence-electron chi connectivity index (χ0n) is 17.5. The molecule has 1 aliphatic heterocycles. The fourth-order valence-electron chi connectivity index (χ4n) is 3.43. The first-order chi connectivity index (χ1) is 16.2. The van der Waals surface area contributed by atoms with Crippen LogP contribution in [0.1, 0.15) is 11.1 Å². The highest BCUT2D eigenvalue weighted by Crippen LogP contribution is 2.26. The van der Waals surface area contributed by atoms with Gasteiger partial charge in [0, 0.05) is 29.1 Å². The van der Waals surface area contributed by atoms with E-state index in [1.165, 1.54) is 4.90 Å². The van der Waals surface area contributed by atoms with Crippen LogP contribution in [0.15, 0.2) is 77.6 Å². The molecule has 5 rings (SSSR count). The minimum atomic E-state index is -0.392. The van der Waals surface area contributed by atoms with E-state index in [-0.39, 0.29) is 19.0 Å². The normalized spacial score (nSPS) is 13.3. The zero-order chi connectivity index (χ0) is 22.6. The number of hydrogen-bond acceptors (Lipinski definition) is 7. The average molecular weight is 441 g/mol. The molecule has 4 aromatic rings. The van der Waals surface area contributed by atoms with Crippen molar-refractivity contribution in [1.29, 1.82) is 0 Å². The molecule has 0 atom stereocenters. The topological polar surface area (TPSA) is 110 Å². The predicted molar refractivity (Wildman–Crippen MR) is 118 cm³/mol. The number of carbonyl (C=O) groups is 2. The van der Waals surface area contributed by atoms with Crippen molar-refractivity contribution in [3.63, 3.8) is 0 Å². The van der Waals surface area contributed by atoms with Gasteiger partial charge in [0.25, 0.3) is 5.89 Å². The molecule has 9 heteroatoms. The average Bonchev–Trinajstić information content (AvgIpc) is 3.47. The van der Waals surface area contributed by atoms with Crippen molar-refractivity contribution in [2.75, 3.05) is 6.54 Å². The molecule has 2 aromatic carbocycles. The van der Waals surface area contributed by atoms with E-state index in [9.17, 15) is 9.59 Å². The number of ether oxygens (including phenoxy) is 1. The van der Waals surface area contributed by atoms with Crippen molar-refractivity contribution in [3.05, 3.63) is 84.2 Å². The Morgan fingerprint density at radius 2 is 1.85 bits per heavy atom. The van der Waals surface area contributed by atoms with E-state index in [2.05, 4.69) is 20.4 Å². The van der Waals surface area contributed by atoms with Crippen LogP contribution >= 0.6 is 0 Å². The van der Waals surface area contributed by atoms with Crippen LogP contribution in [-0.4, -0.2) is 38.5 Å². The number of benzene rings is 2. The number of hydrogen-bond donors (Lipinski definition) is 1. The highest BCUT2D eigenvalue weighted by Gasteiger charge is 2.28. The fraction of sp³-hybridized carbons (Fsp3) is 0.125. The van der Waals surface area contributed by atoms with E-state index in [0.717, 1.165) is 16.7 Å². The Hall–Kier alpha value is -4.53. The minimum absolute atomic E-state index is 0.0244. The van der Waals surface area contributed by atoms with E-state index < -0.39 is 6.03 Å². The van der Waals surface area contributed by atoms with Crippen LogP contribution in [0.5, 0.6) is 5.75 Å². The van der Waals surface area contributed by atoms with E-state index in [1.54, 1.807) is 12.4 Å². The predicted octanol–water partition coefficient (Wildman–Crippen LogP) is 3.43. The van der Waals surface area contributed by atoms with Gasteiger partial charge < -0.3 is 14.6 Å². The van der Waals surface area contributed by atoms with Crippen LogP contribution in [0.2, 0.25) is 0 Å². The molecule has 164 valence electrons. The second kappa shape index (κ2) is 8.91. The molecular weight excluding hydrogens is 422 g/mol. The Labute approximate surface area is 189 Å². The number of carbonyl (C=O) groups excluding carboxylic acids is 2. The first-order valence-electron chi connectivity index (χ1n) is 10.3. The Kier molecular flexibility index (Phi) is 5.50. The lowest BCUT2D eigenvalue weighted by atomic mass is 10.1. The standard InChI is InChI=1S/C24H19N5O4/c30-21-13-26-24(31)29(21)14-16-4-1-7-19(10-16)23-27-22(28-33-23)18-6-2-8-20(11-18)32-15-17-5-3-9-25-12-17/h1-12H,13-15H2,(H,26,31). The molecule has 0 saturated carbocycles. The van der Waals surface area contributed by atoms with Gasteiger partial charge in [0.05, 0.1) is 13.1 Å². The molecule has 2 aromatic heterocycles. The summed E-state index contributed by atoms with van der Waals surface area (Å²) < 4.78 is 11.3. The van der Waals surface area contributed by atoms with Crippen LogP contribution in [0.3, 0.4) is 0 Å². The SMILES string of the molecule is O=C1CNC(=O)N1Cc1cccc(-c2nc(-c3cccc(OCc4cccnc4)c3)no2)c1. The third-order valence-electron chi connectivity index (χ3n) is 5.10. The fourth-order valence-corrected chi connectivity index (χ4v) is 3.43. The Morgan fingerprint density at radius 1 is 1.00 bits per heavy atom. The lowest BCUT2D eigenvalue weighted by Gasteiger charge is -2.12. The molecule has 1 saturated heterocycles. The Morgan fingerprint density at radius 3 is 2.67 bits per heavy atom. The quantitative estimate of drug-likeness (QED) is 0.438. The first-order valence-corrected chi connectivity index (χ1v) is 10.3. The summed E-state index contributed by atoms with van der Waals surface area (Å²) in [6.45, 7) is 0.603. The van der Waals surface area contributed by atoms with Gasteiger partial charge in [0.2, 0.25) is 11.7 Å². The number of urea groups is 1. The largest absolute Gasteiger partial charge is 0.489 e. The molecule has 1 N–H and O–H groups in total. The van der Waals surface area contributed by atoms with Crippen LogP contribution in [-0.2, 0) is 17.9 Å². The minimum Gasteiger partial charge on any atom is -0.489 e. The third kappa shape index (κ3) is 4.57. The molecule has 33 heavy (non-hydrogen) atoms. The number of imide groups is 1. The number of nitrogens with zero attached hydrogens (tertiary/aromatic N) is 4. The monoisotopic (exact) mass is 441 g/mol. The van der Waals surface area contributed by atoms with Gasteiger partial charge in [-0.05, 0) is 35.9 Å².